The molecule has 1 unspecified atom stereocenters. The first-order valence-corrected chi connectivity index (χ1v) is 10.2. The number of benzene rings is 2. The van der Waals surface area contributed by atoms with E-state index in [1.54, 1.807) is 61.1 Å². The Balaban J connectivity index is 1.62. The number of ether oxygens (including phenoxy) is 1. The fourth-order valence-corrected chi connectivity index (χ4v) is 3.23. The highest BCUT2D eigenvalue weighted by atomic mass is 16.5. The van der Waals surface area contributed by atoms with E-state index in [9.17, 15) is 19.2 Å². The zero-order valence-corrected chi connectivity index (χ0v) is 18.2. The third-order valence-electron chi connectivity index (χ3n) is 5.13. The summed E-state index contributed by atoms with van der Waals surface area (Å²) in [6.45, 7) is 3.13. The van der Waals surface area contributed by atoms with Crippen LogP contribution in [0.25, 0.3) is 5.69 Å². The highest BCUT2D eigenvalue weighted by Crippen LogP contribution is 2.15. The maximum atomic E-state index is 12.9. The molecule has 8 heteroatoms. The molecule has 0 bridgehead atoms. The van der Waals surface area contributed by atoms with Gasteiger partial charge < -0.3 is 10.1 Å². The average Bonchev–Trinajstić information content (AvgIpc) is 3.01. The van der Waals surface area contributed by atoms with Gasteiger partial charge in [-0.2, -0.15) is 0 Å². The molecular formula is C24H25N3O5. The summed E-state index contributed by atoms with van der Waals surface area (Å²) in [6, 6.07) is 17.7. The lowest BCUT2D eigenvalue weighted by Gasteiger charge is -2.13. The number of nitrogens with one attached hydrogen (secondary N) is 1. The van der Waals surface area contributed by atoms with Crippen LogP contribution in [0.4, 0.5) is 5.69 Å². The number of amides is 1. The second kappa shape index (κ2) is 9.91. The first-order valence-electron chi connectivity index (χ1n) is 10.2. The smallest absolute Gasteiger partial charge is 0.307 e. The summed E-state index contributed by atoms with van der Waals surface area (Å²) in [5.74, 6) is -1.47. The summed E-state index contributed by atoms with van der Waals surface area (Å²) in [6.07, 6.45) is -1.29. The van der Waals surface area contributed by atoms with E-state index in [-0.39, 0.29) is 24.3 Å². The van der Waals surface area contributed by atoms with Crippen molar-refractivity contribution in [1.82, 2.24) is 9.36 Å². The van der Waals surface area contributed by atoms with Crippen LogP contribution in [0, 0.1) is 6.92 Å². The van der Waals surface area contributed by atoms with Crippen molar-refractivity contribution in [3.8, 4) is 5.69 Å². The van der Waals surface area contributed by atoms with Crippen LogP contribution in [0.3, 0.4) is 0 Å². The van der Waals surface area contributed by atoms with Gasteiger partial charge in [-0.25, -0.2) is 4.68 Å². The summed E-state index contributed by atoms with van der Waals surface area (Å²) in [5.41, 5.74) is 1.45. The van der Waals surface area contributed by atoms with E-state index in [4.69, 9.17) is 4.74 Å². The first-order chi connectivity index (χ1) is 15.3. The lowest BCUT2D eigenvalue weighted by molar-refractivity contribution is -0.153. The Morgan fingerprint density at radius 3 is 2.19 bits per heavy atom. The molecule has 0 aliphatic carbocycles. The first kappa shape index (κ1) is 22.7. The quantitative estimate of drug-likeness (QED) is 0.433. The Bertz CT molecular complexity index is 1180. The summed E-state index contributed by atoms with van der Waals surface area (Å²) in [7, 11) is 1.71. The number of ketones is 1. The Kier molecular flexibility index (Phi) is 7.04. The lowest BCUT2D eigenvalue weighted by atomic mass is 10.1. The maximum Gasteiger partial charge on any atom is 0.307 e. The van der Waals surface area contributed by atoms with E-state index in [2.05, 4.69) is 5.32 Å². The van der Waals surface area contributed by atoms with Crippen LogP contribution in [0.1, 0.15) is 35.8 Å². The summed E-state index contributed by atoms with van der Waals surface area (Å²) < 4.78 is 8.23. The van der Waals surface area contributed by atoms with E-state index >= 15 is 0 Å². The maximum absolute atomic E-state index is 12.9. The molecule has 3 rings (SSSR count). The van der Waals surface area contributed by atoms with E-state index in [1.807, 2.05) is 18.2 Å². The molecular weight excluding hydrogens is 410 g/mol. The molecule has 166 valence electrons. The number of para-hydroxylation sites is 1. The standard InChI is InChI=1S/C24H25N3O5/c1-16-22(24(31)27(26(16)3)19-12-8-5-9-13-19)25-23(30)17(2)32-21(29)15-14-20(28)18-10-6-4-7-11-18/h4-13,17H,14-15H2,1-3H3,(H,25,30). The van der Waals surface area contributed by atoms with Gasteiger partial charge in [0.15, 0.2) is 11.9 Å². The van der Waals surface area contributed by atoms with Crippen molar-refractivity contribution in [2.45, 2.75) is 32.8 Å². The minimum atomic E-state index is -1.13. The van der Waals surface area contributed by atoms with Crippen molar-refractivity contribution in [1.29, 1.82) is 0 Å². The van der Waals surface area contributed by atoms with Gasteiger partial charge in [-0.05, 0) is 26.0 Å². The Morgan fingerprint density at radius 1 is 0.969 bits per heavy atom. The van der Waals surface area contributed by atoms with Gasteiger partial charge in [-0.1, -0.05) is 48.5 Å². The van der Waals surface area contributed by atoms with Crippen LogP contribution in [-0.2, 0) is 21.4 Å². The number of hydrogen-bond donors (Lipinski definition) is 1. The monoisotopic (exact) mass is 435 g/mol. The number of aromatic nitrogens is 2. The van der Waals surface area contributed by atoms with E-state index in [0.29, 0.717) is 16.9 Å². The van der Waals surface area contributed by atoms with Crippen molar-refractivity contribution < 1.29 is 19.1 Å². The average molecular weight is 435 g/mol. The number of esters is 1. The third kappa shape index (κ3) is 5.03. The van der Waals surface area contributed by atoms with Crippen LogP contribution in [0.2, 0.25) is 0 Å². The molecule has 0 aliphatic rings. The van der Waals surface area contributed by atoms with Crippen molar-refractivity contribution in [2.75, 3.05) is 5.32 Å². The molecule has 1 atom stereocenters. The number of carbonyl (C=O) groups excluding carboxylic acids is 3. The number of anilines is 1. The zero-order chi connectivity index (χ0) is 23.3. The van der Waals surface area contributed by atoms with Gasteiger partial charge in [0, 0.05) is 19.0 Å². The molecule has 1 amide bonds. The minimum Gasteiger partial charge on any atom is -0.453 e. The molecule has 8 nitrogen and oxygen atoms in total. The van der Waals surface area contributed by atoms with Gasteiger partial charge in [0.25, 0.3) is 11.5 Å². The van der Waals surface area contributed by atoms with E-state index in [1.165, 1.54) is 11.6 Å². The van der Waals surface area contributed by atoms with Crippen LogP contribution in [0.5, 0.6) is 0 Å². The minimum absolute atomic E-state index is 0.0171. The fraction of sp³-hybridized carbons (Fsp3) is 0.250. The molecule has 0 aliphatic heterocycles. The van der Waals surface area contributed by atoms with Crippen LogP contribution < -0.4 is 10.9 Å². The van der Waals surface area contributed by atoms with Crippen molar-refractivity contribution in [3.05, 3.63) is 82.3 Å². The number of hydrogen-bond acceptors (Lipinski definition) is 5. The molecule has 2 aromatic carbocycles. The molecule has 0 saturated carbocycles. The van der Waals surface area contributed by atoms with Crippen molar-refractivity contribution in [2.24, 2.45) is 7.05 Å². The summed E-state index contributed by atoms with van der Waals surface area (Å²) >= 11 is 0. The summed E-state index contributed by atoms with van der Waals surface area (Å²) in [5, 5.41) is 2.57. The van der Waals surface area contributed by atoms with Gasteiger partial charge in [-0.3, -0.25) is 23.9 Å². The van der Waals surface area contributed by atoms with Crippen LogP contribution in [-0.4, -0.2) is 33.1 Å². The van der Waals surface area contributed by atoms with Gasteiger partial charge in [-0.15, -0.1) is 0 Å². The van der Waals surface area contributed by atoms with Gasteiger partial charge in [0.2, 0.25) is 0 Å². The largest absolute Gasteiger partial charge is 0.453 e. The fourth-order valence-electron chi connectivity index (χ4n) is 3.23. The number of Topliss-reactive ketones (excluding diaryl/α,β-unsaturated/α-hetero) is 1. The Labute approximate surface area is 185 Å². The van der Waals surface area contributed by atoms with Crippen molar-refractivity contribution >= 4 is 23.3 Å². The van der Waals surface area contributed by atoms with Crippen LogP contribution >= 0.6 is 0 Å². The second-order valence-corrected chi connectivity index (χ2v) is 7.35. The van der Waals surface area contributed by atoms with Crippen molar-refractivity contribution in [3.63, 3.8) is 0 Å². The second-order valence-electron chi connectivity index (χ2n) is 7.35. The molecule has 1 aromatic heterocycles. The molecule has 1 heterocycles. The number of rotatable bonds is 8. The SMILES string of the molecule is Cc1c(NC(=O)C(C)OC(=O)CCC(=O)c2ccccc2)c(=O)n(-c2ccccc2)n1C. The van der Waals surface area contributed by atoms with Crippen LogP contribution in [0.15, 0.2) is 65.5 Å². The normalized spacial score (nSPS) is 11.6. The highest BCUT2D eigenvalue weighted by molar-refractivity contribution is 5.98. The molecule has 0 radical (unpaired) electrons. The molecule has 3 aromatic rings. The van der Waals surface area contributed by atoms with E-state index in [0.717, 1.165) is 0 Å². The molecule has 1 N–H and O–H groups in total. The van der Waals surface area contributed by atoms with Gasteiger partial charge >= 0.3 is 5.97 Å². The Morgan fingerprint density at radius 2 is 1.56 bits per heavy atom. The van der Waals surface area contributed by atoms with Gasteiger partial charge in [0.05, 0.1) is 17.8 Å². The molecule has 0 fully saturated rings. The molecule has 32 heavy (non-hydrogen) atoms. The molecule has 0 saturated heterocycles. The predicted octanol–water partition coefficient (Wildman–Crippen LogP) is 3.02. The third-order valence-corrected chi connectivity index (χ3v) is 5.13. The topological polar surface area (TPSA) is 99.4 Å². The lowest BCUT2D eigenvalue weighted by Crippen LogP contribution is -2.32. The number of carbonyl (C=O) groups is 3. The Hall–Kier alpha value is -3.94. The zero-order valence-electron chi connectivity index (χ0n) is 18.2. The highest BCUT2D eigenvalue weighted by Gasteiger charge is 2.23. The van der Waals surface area contributed by atoms with Gasteiger partial charge in [0.1, 0.15) is 5.69 Å². The van der Waals surface area contributed by atoms with E-state index < -0.39 is 23.5 Å². The predicted molar refractivity (Wildman–Crippen MR) is 120 cm³/mol. The number of nitrogens with zero attached hydrogens (tertiary/aromatic N) is 2. The molecule has 0 spiro atoms. The summed E-state index contributed by atoms with van der Waals surface area (Å²) in [4.78, 5) is 49.7.